The van der Waals surface area contributed by atoms with Crippen LogP contribution in [-0.4, -0.2) is 56.9 Å². The molecule has 1 aliphatic carbocycles. The molecule has 8 nitrogen and oxygen atoms in total. The second-order valence-electron chi connectivity index (χ2n) is 11.6. The van der Waals surface area contributed by atoms with Crippen molar-refractivity contribution in [1.82, 2.24) is 24.2 Å². The number of amides is 1. The molecular formula is C30H45N5O3S. The zero-order valence-corrected chi connectivity index (χ0v) is 24.7. The maximum absolute atomic E-state index is 13.9. The van der Waals surface area contributed by atoms with Gasteiger partial charge in [-0.25, -0.2) is 8.42 Å². The summed E-state index contributed by atoms with van der Waals surface area (Å²) in [5.74, 6) is 0.551. The number of allylic oxidation sites excluding steroid dienone is 1. The number of rotatable bonds is 11. The molecule has 1 saturated carbocycles. The van der Waals surface area contributed by atoms with Crippen LogP contribution in [0.1, 0.15) is 89.0 Å². The summed E-state index contributed by atoms with van der Waals surface area (Å²) >= 11 is 0. The van der Waals surface area contributed by atoms with E-state index in [0.717, 1.165) is 30.5 Å². The molecule has 0 radical (unpaired) electrons. The van der Waals surface area contributed by atoms with Crippen molar-refractivity contribution in [1.29, 1.82) is 0 Å². The molecule has 2 fully saturated rings. The highest BCUT2D eigenvalue weighted by Gasteiger charge is 2.41. The molecule has 4 rings (SSSR count). The molecule has 1 aliphatic heterocycles. The highest BCUT2D eigenvalue weighted by atomic mass is 32.2. The molecule has 1 saturated heterocycles. The normalized spacial score (nSPS) is 21.2. The van der Waals surface area contributed by atoms with E-state index in [1.165, 1.54) is 36.4 Å². The highest BCUT2D eigenvalue weighted by Crippen LogP contribution is 2.27. The Balaban J connectivity index is 1.49. The van der Waals surface area contributed by atoms with Crippen molar-refractivity contribution < 1.29 is 13.2 Å². The molecular weight excluding hydrogens is 510 g/mol. The van der Waals surface area contributed by atoms with Gasteiger partial charge >= 0.3 is 0 Å². The Morgan fingerprint density at radius 1 is 1.08 bits per heavy atom. The number of benzene rings is 1. The first-order chi connectivity index (χ1) is 18.7. The Bertz CT molecular complexity index is 1200. The van der Waals surface area contributed by atoms with Gasteiger partial charge in [-0.1, -0.05) is 88.1 Å². The van der Waals surface area contributed by atoms with Crippen LogP contribution in [0.5, 0.6) is 0 Å². The average Bonchev–Trinajstić information content (AvgIpc) is 3.33. The van der Waals surface area contributed by atoms with Crippen LogP contribution in [0.4, 0.5) is 0 Å². The van der Waals surface area contributed by atoms with Crippen molar-refractivity contribution in [2.24, 2.45) is 11.8 Å². The number of hydrogen-bond donors (Lipinski definition) is 0. The fourth-order valence-electron chi connectivity index (χ4n) is 5.64. The summed E-state index contributed by atoms with van der Waals surface area (Å²) in [6.45, 7) is 7.68. The highest BCUT2D eigenvalue weighted by molar-refractivity contribution is 7.89. The second-order valence-corrected chi connectivity index (χ2v) is 13.7. The molecule has 2 heterocycles. The summed E-state index contributed by atoms with van der Waals surface area (Å²) in [5.41, 5.74) is 2.68. The molecule has 1 amide bonds. The SMILES string of the molecule is CCC/C=C/c1ccc(CN2C(CC(C)C)C(=O)N(Cc3cn(CC4CCCCC4)nn3)CCS2(=O)=O)cc1. The third kappa shape index (κ3) is 8.24. The number of nitrogens with zero attached hydrogens (tertiary/aromatic N) is 5. The Morgan fingerprint density at radius 2 is 1.82 bits per heavy atom. The van der Waals surface area contributed by atoms with Gasteiger partial charge in [0.15, 0.2) is 0 Å². The minimum Gasteiger partial charge on any atom is -0.334 e. The largest absolute Gasteiger partial charge is 0.334 e. The Hall–Kier alpha value is -2.52. The lowest BCUT2D eigenvalue weighted by molar-refractivity contribution is -0.136. The van der Waals surface area contributed by atoms with E-state index in [-0.39, 0.29) is 37.2 Å². The van der Waals surface area contributed by atoms with Crippen molar-refractivity contribution in [3.63, 3.8) is 0 Å². The van der Waals surface area contributed by atoms with E-state index in [1.807, 2.05) is 49.0 Å². The third-order valence-corrected chi connectivity index (χ3v) is 9.60. The molecule has 1 aromatic heterocycles. The Labute approximate surface area is 234 Å². The number of sulfonamides is 1. The lowest BCUT2D eigenvalue weighted by atomic mass is 9.89. The molecule has 9 heteroatoms. The van der Waals surface area contributed by atoms with Crippen LogP contribution in [0.25, 0.3) is 6.08 Å². The number of hydrogen-bond acceptors (Lipinski definition) is 5. The van der Waals surface area contributed by atoms with Crippen LogP contribution in [0, 0.1) is 11.8 Å². The van der Waals surface area contributed by atoms with Gasteiger partial charge in [0.25, 0.3) is 0 Å². The molecule has 1 atom stereocenters. The predicted molar refractivity (Wildman–Crippen MR) is 155 cm³/mol. The lowest BCUT2D eigenvalue weighted by Gasteiger charge is -2.30. The van der Waals surface area contributed by atoms with Crippen LogP contribution in [0.15, 0.2) is 36.5 Å². The van der Waals surface area contributed by atoms with Gasteiger partial charge in [0.1, 0.15) is 11.7 Å². The fourth-order valence-corrected chi connectivity index (χ4v) is 7.24. The Kier molecular flexibility index (Phi) is 10.4. The standard InChI is InChI=1S/C30H45N5O3S/c1-4-5-7-10-25-13-15-27(16-14-25)21-35-29(19-24(2)3)30(36)33(17-18-39(35,37)38)22-28-23-34(32-31-28)20-26-11-8-6-9-12-26/h7,10,13-16,23-24,26,29H,4-6,8-9,11-12,17-22H2,1-3H3/b10-7+. The first-order valence-corrected chi connectivity index (χ1v) is 16.3. The van der Waals surface area contributed by atoms with Gasteiger partial charge in [-0.3, -0.25) is 9.48 Å². The zero-order valence-electron chi connectivity index (χ0n) is 23.8. The molecule has 0 spiro atoms. The van der Waals surface area contributed by atoms with Gasteiger partial charge < -0.3 is 4.90 Å². The first kappa shape index (κ1) is 29.5. The molecule has 39 heavy (non-hydrogen) atoms. The van der Waals surface area contributed by atoms with Crippen molar-refractivity contribution >= 4 is 22.0 Å². The van der Waals surface area contributed by atoms with Gasteiger partial charge in [-0.2, -0.15) is 4.31 Å². The molecule has 0 bridgehead atoms. The maximum Gasteiger partial charge on any atom is 0.241 e. The van der Waals surface area contributed by atoms with Gasteiger partial charge in [0.2, 0.25) is 15.9 Å². The monoisotopic (exact) mass is 555 g/mol. The summed E-state index contributed by atoms with van der Waals surface area (Å²) in [5, 5.41) is 8.65. The van der Waals surface area contributed by atoms with E-state index in [2.05, 4.69) is 29.4 Å². The Morgan fingerprint density at radius 3 is 2.51 bits per heavy atom. The molecule has 2 aliphatic rings. The lowest BCUT2D eigenvalue weighted by Crippen LogP contribution is -2.47. The number of carbonyl (C=O) groups is 1. The van der Waals surface area contributed by atoms with Crippen molar-refractivity contribution in [2.75, 3.05) is 12.3 Å². The van der Waals surface area contributed by atoms with Crippen molar-refractivity contribution in [2.45, 2.75) is 97.8 Å². The zero-order chi connectivity index (χ0) is 27.8. The number of aromatic nitrogens is 3. The number of unbranched alkanes of at least 4 members (excludes halogenated alkanes) is 1. The number of carbonyl (C=O) groups excluding carboxylic acids is 1. The molecule has 1 aromatic carbocycles. The van der Waals surface area contributed by atoms with E-state index < -0.39 is 16.1 Å². The third-order valence-electron chi connectivity index (χ3n) is 7.81. The average molecular weight is 556 g/mol. The van der Waals surface area contributed by atoms with Gasteiger partial charge in [-0.15, -0.1) is 5.10 Å². The van der Waals surface area contributed by atoms with Crippen molar-refractivity contribution in [3.8, 4) is 0 Å². The predicted octanol–water partition coefficient (Wildman–Crippen LogP) is 5.26. The maximum atomic E-state index is 13.9. The van der Waals surface area contributed by atoms with Crippen LogP contribution in [0.2, 0.25) is 0 Å². The van der Waals surface area contributed by atoms with Gasteiger partial charge in [-0.05, 0) is 48.6 Å². The summed E-state index contributed by atoms with van der Waals surface area (Å²) < 4.78 is 30.4. The summed E-state index contributed by atoms with van der Waals surface area (Å²) in [6.07, 6.45) is 15.1. The minimum atomic E-state index is -3.64. The van der Waals surface area contributed by atoms with Crippen LogP contribution in [0.3, 0.4) is 0 Å². The summed E-state index contributed by atoms with van der Waals surface area (Å²) in [6, 6.07) is 7.21. The molecule has 1 unspecified atom stereocenters. The molecule has 214 valence electrons. The van der Waals surface area contributed by atoms with E-state index in [4.69, 9.17) is 0 Å². The molecule has 2 aromatic rings. The minimum absolute atomic E-state index is 0.0958. The van der Waals surface area contributed by atoms with E-state index >= 15 is 0 Å². The summed E-state index contributed by atoms with van der Waals surface area (Å²) in [4.78, 5) is 15.5. The second kappa shape index (κ2) is 13.7. The first-order valence-electron chi connectivity index (χ1n) is 14.7. The van der Waals surface area contributed by atoms with Crippen molar-refractivity contribution in [3.05, 3.63) is 53.4 Å². The topological polar surface area (TPSA) is 88.4 Å². The fraction of sp³-hybridized carbons (Fsp3) is 0.633. The quantitative estimate of drug-likeness (QED) is 0.377. The van der Waals surface area contributed by atoms with E-state index in [9.17, 15) is 13.2 Å². The van der Waals surface area contributed by atoms with Crippen LogP contribution in [-0.2, 0) is 34.5 Å². The van der Waals surface area contributed by atoms with E-state index in [1.54, 1.807) is 4.90 Å². The smallest absolute Gasteiger partial charge is 0.241 e. The van der Waals surface area contributed by atoms with Gasteiger partial charge in [0.05, 0.1) is 18.5 Å². The van der Waals surface area contributed by atoms with E-state index in [0.29, 0.717) is 18.0 Å². The summed E-state index contributed by atoms with van der Waals surface area (Å²) in [7, 11) is -3.64. The van der Waals surface area contributed by atoms with Crippen LogP contribution < -0.4 is 0 Å². The van der Waals surface area contributed by atoms with Crippen LogP contribution >= 0.6 is 0 Å². The molecule has 0 N–H and O–H groups in total. The van der Waals surface area contributed by atoms with Gasteiger partial charge in [0, 0.05) is 19.6 Å².